The molecule has 6 heteroatoms. The standard InChI is InChI=1S/C16H16N2O2.C2H5NO/c1-18-8-10(16(19)20)5-12-11-3-2-4-13-15(11)9(7-17-13)6-14(12)18;1-2(3)4/h2-5,7,10,14,17H,6,8H2,1H3,(H,19,20);1H3,(H2,3,4)/t10-,14-;/m1./s1. The molecule has 2 aliphatic rings. The molecule has 4 rings (SSSR count). The maximum absolute atomic E-state index is 11.3. The molecule has 2 aromatic rings. The van der Waals surface area contributed by atoms with Gasteiger partial charge < -0.3 is 15.8 Å². The second kappa shape index (κ2) is 6.13. The van der Waals surface area contributed by atoms with Gasteiger partial charge in [-0.1, -0.05) is 18.2 Å². The highest BCUT2D eigenvalue weighted by molar-refractivity contribution is 5.99. The summed E-state index contributed by atoms with van der Waals surface area (Å²) in [5.41, 5.74) is 9.30. The number of aromatic nitrogens is 1. The second-order valence-corrected chi connectivity index (χ2v) is 6.38. The van der Waals surface area contributed by atoms with E-state index in [0.717, 1.165) is 11.9 Å². The van der Waals surface area contributed by atoms with Gasteiger partial charge in [-0.2, -0.15) is 0 Å². The molecule has 2 atom stereocenters. The van der Waals surface area contributed by atoms with Crippen LogP contribution < -0.4 is 5.73 Å². The van der Waals surface area contributed by atoms with Gasteiger partial charge in [0.15, 0.2) is 0 Å². The Balaban J connectivity index is 0.000000383. The fourth-order valence-corrected chi connectivity index (χ4v) is 3.61. The van der Waals surface area contributed by atoms with Gasteiger partial charge in [-0.3, -0.25) is 14.5 Å². The van der Waals surface area contributed by atoms with E-state index in [-0.39, 0.29) is 5.91 Å². The van der Waals surface area contributed by atoms with Crippen molar-refractivity contribution in [1.29, 1.82) is 0 Å². The van der Waals surface area contributed by atoms with Gasteiger partial charge in [0.05, 0.1) is 5.92 Å². The summed E-state index contributed by atoms with van der Waals surface area (Å²) in [6.07, 6.45) is 4.99. The number of hydrogen-bond acceptors (Lipinski definition) is 3. The third-order valence-corrected chi connectivity index (χ3v) is 4.59. The Labute approximate surface area is 139 Å². The number of carboxylic acid groups (broad SMARTS) is 1. The number of nitrogens with two attached hydrogens (primary N) is 1. The second-order valence-electron chi connectivity index (χ2n) is 6.38. The van der Waals surface area contributed by atoms with Gasteiger partial charge in [-0.15, -0.1) is 0 Å². The lowest BCUT2D eigenvalue weighted by molar-refractivity contribution is -0.140. The van der Waals surface area contributed by atoms with Crippen molar-refractivity contribution in [2.45, 2.75) is 19.4 Å². The molecule has 0 fully saturated rings. The number of carboxylic acids is 1. The van der Waals surface area contributed by atoms with Crippen LogP contribution in [0.2, 0.25) is 0 Å². The van der Waals surface area contributed by atoms with Crippen LogP contribution in [0.25, 0.3) is 16.5 Å². The molecule has 0 bridgehead atoms. The number of fused-ring (bicyclic) bond motifs is 2. The minimum atomic E-state index is -0.741. The van der Waals surface area contributed by atoms with Crippen molar-refractivity contribution in [3.63, 3.8) is 0 Å². The number of carbonyl (C=O) groups excluding carboxylic acids is 1. The molecule has 4 N–H and O–H groups in total. The number of aromatic amines is 1. The average molecular weight is 327 g/mol. The summed E-state index contributed by atoms with van der Waals surface area (Å²) < 4.78 is 0. The number of primary amides is 1. The Hall–Kier alpha value is -2.60. The van der Waals surface area contributed by atoms with Crippen LogP contribution in [0.3, 0.4) is 0 Å². The smallest absolute Gasteiger partial charge is 0.311 e. The first-order valence-corrected chi connectivity index (χ1v) is 7.88. The number of H-pyrrole nitrogens is 1. The third-order valence-electron chi connectivity index (χ3n) is 4.59. The summed E-state index contributed by atoms with van der Waals surface area (Å²) in [6, 6.07) is 6.51. The fraction of sp³-hybridized carbons (Fsp3) is 0.333. The molecule has 6 nitrogen and oxygen atoms in total. The predicted molar refractivity (Wildman–Crippen MR) is 92.4 cm³/mol. The minimum absolute atomic E-state index is 0.291. The van der Waals surface area contributed by atoms with E-state index in [9.17, 15) is 14.7 Å². The monoisotopic (exact) mass is 327 g/mol. The highest BCUT2D eigenvalue weighted by atomic mass is 16.4. The van der Waals surface area contributed by atoms with Crippen LogP contribution in [0.4, 0.5) is 0 Å². The van der Waals surface area contributed by atoms with E-state index >= 15 is 0 Å². The van der Waals surface area contributed by atoms with E-state index in [4.69, 9.17) is 0 Å². The van der Waals surface area contributed by atoms with E-state index < -0.39 is 11.9 Å². The van der Waals surface area contributed by atoms with Gasteiger partial charge in [-0.05, 0) is 36.2 Å². The molecule has 0 unspecified atom stereocenters. The minimum Gasteiger partial charge on any atom is -0.481 e. The van der Waals surface area contributed by atoms with E-state index in [1.165, 1.54) is 29.0 Å². The number of rotatable bonds is 1. The number of hydrogen-bond donors (Lipinski definition) is 3. The summed E-state index contributed by atoms with van der Waals surface area (Å²) in [7, 11) is 2.02. The first-order valence-electron chi connectivity index (χ1n) is 7.88. The van der Waals surface area contributed by atoms with Gasteiger partial charge in [0, 0.05) is 36.6 Å². The Kier molecular flexibility index (Phi) is 4.15. The summed E-state index contributed by atoms with van der Waals surface area (Å²) in [6.45, 7) is 1.89. The summed E-state index contributed by atoms with van der Waals surface area (Å²) >= 11 is 0. The van der Waals surface area contributed by atoms with Gasteiger partial charge in [0.2, 0.25) is 5.91 Å². The SMILES string of the molecule is CC(N)=O.CN1C[C@H](C(=O)O)C=C2c3cccc4[nH]cc(c34)C[C@H]21. The molecule has 2 heterocycles. The molecule has 126 valence electrons. The van der Waals surface area contributed by atoms with Gasteiger partial charge in [0.25, 0.3) is 0 Å². The van der Waals surface area contributed by atoms with Crippen LogP contribution in [0.15, 0.2) is 30.5 Å². The van der Waals surface area contributed by atoms with Crippen molar-refractivity contribution in [2.24, 2.45) is 11.7 Å². The van der Waals surface area contributed by atoms with Gasteiger partial charge in [-0.25, -0.2) is 0 Å². The van der Waals surface area contributed by atoms with Crippen molar-refractivity contribution in [2.75, 3.05) is 13.6 Å². The lowest BCUT2D eigenvalue weighted by Crippen LogP contribution is -2.44. The molecular formula is C18H21N3O3. The molecule has 0 spiro atoms. The number of nitrogens with one attached hydrogen (secondary N) is 1. The maximum Gasteiger partial charge on any atom is 0.311 e. The Morgan fingerprint density at radius 1 is 1.38 bits per heavy atom. The van der Waals surface area contributed by atoms with Gasteiger partial charge >= 0.3 is 5.97 Å². The molecule has 0 radical (unpaired) electrons. The lowest BCUT2D eigenvalue weighted by Gasteiger charge is -2.38. The van der Waals surface area contributed by atoms with Crippen molar-refractivity contribution in [3.8, 4) is 0 Å². The van der Waals surface area contributed by atoms with E-state index in [1.54, 1.807) is 0 Å². The normalized spacial score (nSPS) is 22.2. The van der Waals surface area contributed by atoms with Crippen molar-refractivity contribution < 1.29 is 14.7 Å². The molecule has 1 aromatic heterocycles. The van der Waals surface area contributed by atoms with Gasteiger partial charge in [0.1, 0.15) is 0 Å². The van der Waals surface area contributed by atoms with Crippen molar-refractivity contribution >= 4 is 28.4 Å². The number of carbonyl (C=O) groups is 2. The van der Waals surface area contributed by atoms with E-state index in [2.05, 4.69) is 33.9 Å². The van der Waals surface area contributed by atoms with Crippen LogP contribution >= 0.6 is 0 Å². The number of nitrogens with zero attached hydrogens (tertiary/aromatic N) is 1. The van der Waals surface area contributed by atoms with Crippen LogP contribution in [-0.2, 0) is 16.0 Å². The molecule has 0 saturated heterocycles. The van der Waals surface area contributed by atoms with Crippen LogP contribution in [-0.4, -0.2) is 46.5 Å². The lowest BCUT2D eigenvalue weighted by atomic mass is 9.80. The predicted octanol–water partition coefficient (Wildman–Crippen LogP) is 1.61. The van der Waals surface area contributed by atoms with Crippen molar-refractivity contribution in [1.82, 2.24) is 9.88 Å². The zero-order chi connectivity index (χ0) is 17.4. The zero-order valence-corrected chi connectivity index (χ0v) is 13.7. The third kappa shape index (κ3) is 2.80. The molecule has 1 aromatic carbocycles. The molecular weight excluding hydrogens is 306 g/mol. The number of aliphatic carboxylic acids is 1. The van der Waals surface area contributed by atoms with Crippen LogP contribution in [0, 0.1) is 5.92 Å². The number of amides is 1. The molecule has 1 aliphatic carbocycles. The molecule has 24 heavy (non-hydrogen) atoms. The molecule has 0 saturated carbocycles. The van der Waals surface area contributed by atoms with E-state index in [0.29, 0.717) is 12.6 Å². The highest BCUT2D eigenvalue weighted by Crippen LogP contribution is 2.40. The molecule has 1 amide bonds. The quantitative estimate of drug-likeness (QED) is 0.741. The fourth-order valence-electron chi connectivity index (χ4n) is 3.61. The molecule has 1 aliphatic heterocycles. The summed E-state index contributed by atoms with van der Waals surface area (Å²) in [5, 5.41) is 10.6. The zero-order valence-electron chi connectivity index (χ0n) is 13.7. The Morgan fingerprint density at radius 3 is 2.75 bits per heavy atom. The maximum atomic E-state index is 11.3. The Morgan fingerprint density at radius 2 is 2.08 bits per heavy atom. The van der Waals surface area contributed by atoms with Crippen LogP contribution in [0.5, 0.6) is 0 Å². The summed E-state index contributed by atoms with van der Waals surface area (Å²) in [5.74, 6) is -1.49. The average Bonchev–Trinajstić information content (AvgIpc) is 2.92. The van der Waals surface area contributed by atoms with Crippen LogP contribution in [0.1, 0.15) is 18.1 Å². The highest BCUT2D eigenvalue weighted by Gasteiger charge is 2.35. The number of benzene rings is 1. The number of likely N-dealkylation sites (N-methyl/N-ethyl adjacent to an activating group) is 1. The largest absolute Gasteiger partial charge is 0.481 e. The Bertz CT molecular complexity index is 833. The topological polar surface area (TPSA) is 99.4 Å². The first-order chi connectivity index (χ1) is 11.4. The first kappa shape index (κ1) is 16.3. The van der Waals surface area contributed by atoms with E-state index in [1.807, 2.05) is 19.2 Å². The van der Waals surface area contributed by atoms with Crippen molar-refractivity contribution in [3.05, 3.63) is 41.6 Å². The summed E-state index contributed by atoms with van der Waals surface area (Å²) in [4.78, 5) is 26.0.